The fourth-order valence-electron chi connectivity index (χ4n) is 0.249. The minimum absolute atomic E-state index is 0.145. The number of ketones is 1. The smallest absolute Gasteiger partial charge is 0.202 e. The number of carbonyl (C=O) groups excluding carboxylic acids is 1. The van der Waals surface area contributed by atoms with Crippen molar-refractivity contribution in [1.29, 1.82) is 0 Å². The molecule has 0 rings (SSSR count). The van der Waals surface area contributed by atoms with Gasteiger partial charge in [-0.05, 0) is 19.8 Å². The van der Waals surface area contributed by atoms with Crippen LogP contribution in [0.25, 0.3) is 0 Å². The van der Waals surface area contributed by atoms with E-state index in [0.29, 0.717) is 0 Å². The lowest BCUT2D eigenvalue weighted by Crippen LogP contribution is -2.29. The number of nitrogens with two attached hydrogens (primary N) is 1. The van der Waals surface area contributed by atoms with Crippen molar-refractivity contribution in [2.45, 2.75) is 26.3 Å². The highest BCUT2D eigenvalue weighted by Crippen LogP contribution is 1.90. The summed E-state index contributed by atoms with van der Waals surface area (Å²) in [5, 5.41) is 0. The van der Waals surface area contributed by atoms with Gasteiger partial charge >= 0.3 is 0 Å². The molecular weight excluding hydrogens is 114 g/mol. The lowest BCUT2D eigenvalue weighted by molar-refractivity contribution is -0.111. The van der Waals surface area contributed by atoms with Gasteiger partial charge in [0.15, 0.2) is 0 Å². The molecule has 0 saturated heterocycles. The first-order valence-corrected chi connectivity index (χ1v) is 2.74. The molecule has 0 heterocycles. The average molecular weight is 125 g/mol. The second-order valence-corrected chi connectivity index (χ2v) is 2.53. The zero-order valence-corrected chi connectivity index (χ0v) is 5.99. The van der Waals surface area contributed by atoms with E-state index in [4.69, 9.17) is 5.73 Å². The van der Waals surface area contributed by atoms with Crippen LogP contribution in [-0.4, -0.2) is 11.3 Å². The Labute approximate surface area is 55.4 Å². The van der Waals surface area contributed by atoms with Gasteiger partial charge in [-0.15, -0.1) is 0 Å². The van der Waals surface area contributed by atoms with Crippen LogP contribution in [0.15, 0.2) is 0 Å². The van der Waals surface area contributed by atoms with Crippen LogP contribution in [0, 0.1) is 11.8 Å². The first-order chi connectivity index (χ1) is 3.92. The molecule has 0 aliphatic carbocycles. The summed E-state index contributed by atoms with van der Waals surface area (Å²) in [6.45, 7) is 4.92. The van der Waals surface area contributed by atoms with Gasteiger partial charge in [-0.2, -0.15) is 0 Å². The molecule has 0 amide bonds. The maximum absolute atomic E-state index is 10.3. The minimum Gasteiger partial charge on any atom is -0.316 e. The molecule has 0 unspecified atom stereocenters. The highest BCUT2D eigenvalue weighted by Gasteiger charge is 2.03. The molecule has 2 N–H and O–H groups in total. The second-order valence-electron chi connectivity index (χ2n) is 2.53. The predicted octanol–water partition coefficient (Wildman–Crippen LogP) is 0.316. The van der Waals surface area contributed by atoms with E-state index in [2.05, 4.69) is 11.8 Å². The van der Waals surface area contributed by atoms with Crippen molar-refractivity contribution in [3.8, 4) is 11.8 Å². The SMILES string of the molecule is CC(=O)C#CC(C)(C)N. The van der Waals surface area contributed by atoms with E-state index in [9.17, 15) is 4.79 Å². The normalized spacial score (nSPS) is 9.78. The fraction of sp³-hybridized carbons (Fsp3) is 0.571. The molecule has 0 fully saturated rings. The quantitative estimate of drug-likeness (QED) is 0.374. The molecule has 0 atom stereocenters. The summed E-state index contributed by atoms with van der Waals surface area (Å²) in [4.78, 5) is 10.3. The number of carbonyl (C=O) groups is 1. The molecule has 9 heavy (non-hydrogen) atoms. The highest BCUT2D eigenvalue weighted by molar-refractivity contribution is 5.93. The lowest BCUT2D eigenvalue weighted by atomic mass is 10.1. The number of rotatable bonds is 0. The Morgan fingerprint density at radius 2 is 2.00 bits per heavy atom. The van der Waals surface area contributed by atoms with Crippen molar-refractivity contribution >= 4 is 5.78 Å². The molecule has 0 spiro atoms. The fourth-order valence-corrected chi connectivity index (χ4v) is 0.249. The Morgan fingerprint density at radius 3 is 2.11 bits per heavy atom. The Balaban J connectivity index is 4.04. The molecule has 0 radical (unpaired) electrons. The average Bonchev–Trinajstić information content (AvgIpc) is 1.59. The van der Waals surface area contributed by atoms with Crippen molar-refractivity contribution in [1.82, 2.24) is 0 Å². The summed E-state index contributed by atoms with van der Waals surface area (Å²) in [6.07, 6.45) is 0. The number of hydrogen-bond acceptors (Lipinski definition) is 2. The largest absolute Gasteiger partial charge is 0.316 e. The molecule has 2 nitrogen and oxygen atoms in total. The van der Waals surface area contributed by atoms with E-state index in [1.165, 1.54) is 6.92 Å². The van der Waals surface area contributed by atoms with Crippen molar-refractivity contribution < 1.29 is 4.79 Å². The molecule has 0 aliphatic rings. The van der Waals surface area contributed by atoms with Gasteiger partial charge < -0.3 is 5.73 Å². The van der Waals surface area contributed by atoms with Crippen LogP contribution in [0.3, 0.4) is 0 Å². The van der Waals surface area contributed by atoms with Crippen LogP contribution in [0.4, 0.5) is 0 Å². The third-order valence-corrected chi connectivity index (χ3v) is 0.561. The first-order valence-electron chi connectivity index (χ1n) is 2.74. The minimum atomic E-state index is -0.550. The molecule has 0 aromatic carbocycles. The molecule has 0 aliphatic heterocycles. The summed E-state index contributed by atoms with van der Waals surface area (Å²) in [7, 11) is 0. The number of hydrogen-bond donors (Lipinski definition) is 1. The third kappa shape index (κ3) is 7.19. The topological polar surface area (TPSA) is 43.1 Å². The van der Waals surface area contributed by atoms with Crippen LogP contribution in [0.1, 0.15) is 20.8 Å². The van der Waals surface area contributed by atoms with E-state index in [-0.39, 0.29) is 5.78 Å². The van der Waals surface area contributed by atoms with Gasteiger partial charge in [-0.3, -0.25) is 4.79 Å². The molecular formula is C7H11NO. The summed E-state index contributed by atoms with van der Waals surface area (Å²) >= 11 is 0. The summed E-state index contributed by atoms with van der Waals surface area (Å²) in [6, 6.07) is 0. The Kier molecular flexibility index (Phi) is 2.41. The maximum atomic E-state index is 10.3. The third-order valence-electron chi connectivity index (χ3n) is 0.561. The monoisotopic (exact) mass is 125 g/mol. The van der Waals surface area contributed by atoms with Crippen LogP contribution in [-0.2, 0) is 4.79 Å². The van der Waals surface area contributed by atoms with E-state index in [1.54, 1.807) is 13.8 Å². The highest BCUT2D eigenvalue weighted by atomic mass is 16.1. The van der Waals surface area contributed by atoms with E-state index >= 15 is 0 Å². The van der Waals surface area contributed by atoms with Crippen molar-refractivity contribution in [2.75, 3.05) is 0 Å². The van der Waals surface area contributed by atoms with E-state index in [0.717, 1.165) is 0 Å². The molecule has 50 valence electrons. The number of Topliss-reactive ketones (excluding diaryl/α,β-unsaturated/α-hetero) is 1. The Bertz CT molecular complexity index is 166. The van der Waals surface area contributed by atoms with Crippen LogP contribution < -0.4 is 5.73 Å². The van der Waals surface area contributed by atoms with Gasteiger partial charge in [0.2, 0.25) is 5.78 Å². The summed E-state index contributed by atoms with van der Waals surface area (Å²) in [5.74, 6) is 4.83. The predicted molar refractivity (Wildman–Crippen MR) is 36.7 cm³/mol. The van der Waals surface area contributed by atoms with Crippen molar-refractivity contribution in [3.05, 3.63) is 0 Å². The van der Waals surface area contributed by atoms with E-state index < -0.39 is 5.54 Å². The first kappa shape index (κ1) is 8.19. The maximum Gasteiger partial charge on any atom is 0.202 e. The van der Waals surface area contributed by atoms with Crippen LogP contribution in [0.5, 0.6) is 0 Å². The molecule has 0 bridgehead atoms. The van der Waals surface area contributed by atoms with Gasteiger partial charge in [-0.25, -0.2) is 0 Å². The Hall–Kier alpha value is -0.810. The van der Waals surface area contributed by atoms with Crippen molar-refractivity contribution in [2.24, 2.45) is 5.73 Å². The van der Waals surface area contributed by atoms with Gasteiger partial charge in [-0.1, -0.05) is 5.92 Å². The zero-order valence-electron chi connectivity index (χ0n) is 5.99. The zero-order chi connectivity index (χ0) is 7.49. The Morgan fingerprint density at radius 1 is 1.56 bits per heavy atom. The summed E-state index contributed by atoms with van der Waals surface area (Å²) < 4.78 is 0. The summed E-state index contributed by atoms with van der Waals surface area (Å²) in [5.41, 5.74) is 4.91. The van der Waals surface area contributed by atoms with Crippen LogP contribution >= 0.6 is 0 Å². The van der Waals surface area contributed by atoms with E-state index in [1.807, 2.05) is 0 Å². The molecule has 0 aromatic heterocycles. The molecule has 0 saturated carbocycles. The van der Waals surface area contributed by atoms with Crippen molar-refractivity contribution in [3.63, 3.8) is 0 Å². The standard InChI is InChI=1S/C7H11NO/c1-6(9)4-5-7(2,3)8/h8H2,1-3H3. The van der Waals surface area contributed by atoms with Gasteiger partial charge in [0, 0.05) is 6.92 Å². The molecule has 2 heteroatoms. The van der Waals surface area contributed by atoms with Gasteiger partial charge in [0.05, 0.1) is 5.54 Å². The lowest BCUT2D eigenvalue weighted by Gasteiger charge is -2.06. The second kappa shape index (κ2) is 2.65. The molecule has 0 aromatic rings. The van der Waals surface area contributed by atoms with Gasteiger partial charge in [0.25, 0.3) is 0 Å². The van der Waals surface area contributed by atoms with Crippen LogP contribution in [0.2, 0.25) is 0 Å². The van der Waals surface area contributed by atoms with Gasteiger partial charge in [0.1, 0.15) is 0 Å².